The van der Waals surface area contributed by atoms with E-state index in [4.69, 9.17) is 5.26 Å². The van der Waals surface area contributed by atoms with E-state index in [1.54, 1.807) is 12.1 Å². The quantitative estimate of drug-likeness (QED) is 0.798. The summed E-state index contributed by atoms with van der Waals surface area (Å²) in [6.07, 6.45) is 0.288. The van der Waals surface area contributed by atoms with E-state index in [1.807, 2.05) is 36.4 Å². The number of fused-ring (bicyclic) bond motifs is 3. The van der Waals surface area contributed by atoms with Crippen molar-refractivity contribution in [3.8, 4) is 17.2 Å². The summed E-state index contributed by atoms with van der Waals surface area (Å²) in [7, 11) is 0. The van der Waals surface area contributed by atoms with Crippen LogP contribution in [0.5, 0.6) is 0 Å². The van der Waals surface area contributed by atoms with Crippen molar-refractivity contribution in [2.75, 3.05) is 5.32 Å². The maximum absolute atomic E-state index is 12.5. The fourth-order valence-electron chi connectivity index (χ4n) is 2.56. The summed E-state index contributed by atoms with van der Waals surface area (Å²) in [5, 5.41) is 11.2. The lowest BCUT2D eigenvalue weighted by Crippen LogP contribution is -2.13. The van der Waals surface area contributed by atoms with Crippen LogP contribution in [0.2, 0.25) is 0 Å². The summed E-state index contributed by atoms with van der Waals surface area (Å²) in [6, 6.07) is 14.7. The van der Waals surface area contributed by atoms with Gasteiger partial charge in [-0.1, -0.05) is 36.4 Å². The van der Waals surface area contributed by atoms with Crippen molar-refractivity contribution in [2.24, 2.45) is 0 Å². The second kappa shape index (κ2) is 5.22. The predicted octanol–water partition coefficient (Wildman–Crippen LogP) is 3.14. The Hall–Kier alpha value is -2.93. The molecule has 0 unspecified atom stereocenters. The maximum Gasteiger partial charge on any atom is 0.225 e. The van der Waals surface area contributed by atoms with Crippen molar-refractivity contribution in [3.63, 3.8) is 0 Å². The van der Waals surface area contributed by atoms with Gasteiger partial charge in [-0.15, -0.1) is 0 Å². The first-order chi connectivity index (χ1) is 10.2. The number of hydrogen-bond acceptors (Lipinski definition) is 3. The van der Waals surface area contributed by atoms with Gasteiger partial charge < -0.3 is 5.32 Å². The molecule has 2 aromatic rings. The zero-order chi connectivity index (χ0) is 14.8. The Kier molecular flexibility index (Phi) is 3.25. The number of amides is 1. The highest BCUT2D eigenvalue weighted by Gasteiger charge is 2.28. The number of ketones is 1. The van der Waals surface area contributed by atoms with Crippen molar-refractivity contribution in [1.82, 2.24) is 0 Å². The Morgan fingerprint density at radius 2 is 1.76 bits per heavy atom. The predicted molar refractivity (Wildman–Crippen MR) is 78.8 cm³/mol. The second-order valence-corrected chi connectivity index (χ2v) is 4.81. The topological polar surface area (TPSA) is 70.0 Å². The molecular weight excluding hydrogens is 264 g/mol. The van der Waals surface area contributed by atoms with Gasteiger partial charge in [-0.3, -0.25) is 9.59 Å². The lowest BCUT2D eigenvalue weighted by Gasteiger charge is -2.08. The summed E-state index contributed by atoms with van der Waals surface area (Å²) < 4.78 is 0. The van der Waals surface area contributed by atoms with E-state index in [-0.39, 0.29) is 24.5 Å². The minimum Gasteiger partial charge on any atom is -0.325 e. The van der Waals surface area contributed by atoms with Gasteiger partial charge in [0.1, 0.15) is 0 Å². The zero-order valence-electron chi connectivity index (χ0n) is 11.2. The molecule has 0 saturated heterocycles. The molecule has 0 aliphatic heterocycles. The van der Waals surface area contributed by atoms with Gasteiger partial charge in [-0.2, -0.15) is 5.26 Å². The monoisotopic (exact) mass is 276 g/mol. The third kappa shape index (κ3) is 2.19. The Labute approximate surface area is 122 Å². The molecule has 21 heavy (non-hydrogen) atoms. The van der Waals surface area contributed by atoms with Crippen LogP contribution in [-0.2, 0) is 4.79 Å². The molecule has 3 rings (SSSR count). The molecule has 0 saturated carbocycles. The Bertz CT molecular complexity index is 788. The van der Waals surface area contributed by atoms with Crippen molar-refractivity contribution < 1.29 is 9.59 Å². The molecule has 0 fully saturated rings. The highest BCUT2D eigenvalue weighted by molar-refractivity contribution is 6.25. The van der Waals surface area contributed by atoms with E-state index in [1.165, 1.54) is 0 Å². The third-order valence-electron chi connectivity index (χ3n) is 3.49. The number of nitriles is 1. The summed E-state index contributed by atoms with van der Waals surface area (Å²) in [4.78, 5) is 24.3. The van der Waals surface area contributed by atoms with E-state index in [0.717, 1.165) is 11.1 Å². The number of hydrogen-bond donors (Lipinski definition) is 1. The van der Waals surface area contributed by atoms with Gasteiger partial charge in [0.15, 0.2) is 5.78 Å². The molecule has 4 heteroatoms. The molecule has 0 atom stereocenters. The lowest BCUT2D eigenvalue weighted by atomic mass is 10.0. The molecule has 1 amide bonds. The third-order valence-corrected chi connectivity index (χ3v) is 3.49. The fourth-order valence-corrected chi connectivity index (χ4v) is 2.56. The number of anilines is 1. The number of carbonyl (C=O) groups excluding carboxylic acids is 2. The summed E-state index contributed by atoms with van der Waals surface area (Å²) in [5.41, 5.74) is 3.44. The van der Waals surface area contributed by atoms with Crippen LogP contribution >= 0.6 is 0 Å². The Balaban J connectivity index is 1.99. The number of carbonyl (C=O) groups is 2. The lowest BCUT2D eigenvalue weighted by molar-refractivity contribution is -0.116. The smallest absolute Gasteiger partial charge is 0.225 e. The number of nitrogens with zero attached hydrogens (tertiary/aromatic N) is 1. The SMILES string of the molecule is N#CCCC(=O)Nc1cccc2c1C(=O)c1ccccc1-2. The van der Waals surface area contributed by atoms with Crippen LogP contribution in [0.25, 0.3) is 11.1 Å². The molecule has 0 aromatic heterocycles. The maximum atomic E-state index is 12.5. The first kappa shape index (κ1) is 13.1. The van der Waals surface area contributed by atoms with Gasteiger partial charge in [0, 0.05) is 18.4 Å². The van der Waals surface area contributed by atoms with E-state index >= 15 is 0 Å². The molecule has 102 valence electrons. The molecule has 4 nitrogen and oxygen atoms in total. The van der Waals surface area contributed by atoms with Crippen LogP contribution in [0.1, 0.15) is 28.8 Å². The highest BCUT2D eigenvalue weighted by Crippen LogP contribution is 2.39. The van der Waals surface area contributed by atoms with Crippen LogP contribution in [0.3, 0.4) is 0 Å². The standard InChI is InChI=1S/C17H12N2O2/c18-10-4-9-15(20)19-14-8-3-7-12-11-5-1-2-6-13(11)17(21)16(12)14/h1-3,5-8H,4,9H2,(H,19,20). The highest BCUT2D eigenvalue weighted by atomic mass is 16.1. The minimum atomic E-state index is -0.256. The van der Waals surface area contributed by atoms with Gasteiger partial charge in [0.05, 0.1) is 17.3 Å². The fraction of sp³-hybridized carbons (Fsp3) is 0.118. The molecule has 0 heterocycles. The van der Waals surface area contributed by atoms with Crippen LogP contribution in [-0.4, -0.2) is 11.7 Å². The first-order valence-corrected chi connectivity index (χ1v) is 6.66. The van der Waals surface area contributed by atoms with E-state index in [9.17, 15) is 9.59 Å². The van der Waals surface area contributed by atoms with Gasteiger partial charge in [0.2, 0.25) is 5.91 Å². The average molecular weight is 276 g/mol. The summed E-state index contributed by atoms with van der Waals surface area (Å²) in [6.45, 7) is 0. The van der Waals surface area contributed by atoms with Crippen molar-refractivity contribution in [1.29, 1.82) is 5.26 Å². The van der Waals surface area contributed by atoms with Crippen molar-refractivity contribution in [2.45, 2.75) is 12.8 Å². The second-order valence-electron chi connectivity index (χ2n) is 4.81. The van der Waals surface area contributed by atoms with Crippen LogP contribution in [0.4, 0.5) is 5.69 Å². The number of benzene rings is 2. The van der Waals surface area contributed by atoms with Crippen molar-refractivity contribution in [3.05, 3.63) is 53.6 Å². The molecular formula is C17H12N2O2. The van der Waals surface area contributed by atoms with Gasteiger partial charge in [-0.25, -0.2) is 0 Å². The van der Waals surface area contributed by atoms with E-state index < -0.39 is 0 Å². The first-order valence-electron chi connectivity index (χ1n) is 6.66. The van der Waals surface area contributed by atoms with E-state index in [2.05, 4.69) is 5.32 Å². The number of rotatable bonds is 3. The molecule has 1 aliphatic rings. The summed E-state index contributed by atoms with van der Waals surface area (Å²) >= 11 is 0. The molecule has 0 spiro atoms. The van der Waals surface area contributed by atoms with Gasteiger partial charge in [0.25, 0.3) is 0 Å². The van der Waals surface area contributed by atoms with Crippen molar-refractivity contribution >= 4 is 17.4 Å². The minimum absolute atomic E-state index is 0.0724. The number of nitrogens with one attached hydrogen (secondary N) is 1. The molecule has 0 radical (unpaired) electrons. The molecule has 2 aromatic carbocycles. The van der Waals surface area contributed by atoms with E-state index in [0.29, 0.717) is 16.8 Å². The Morgan fingerprint density at radius 3 is 2.52 bits per heavy atom. The molecule has 1 aliphatic carbocycles. The van der Waals surface area contributed by atoms with Crippen LogP contribution in [0, 0.1) is 11.3 Å². The largest absolute Gasteiger partial charge is 0.325 e. The molecule has 0 bridgehead atoms. The van der Waals surface area contributed by atoms with Crippen LogP contribution in [0.15, 0.2) is 42.5 Å². The molecule has 1 N–H and O–H groups in total. The average Bonchev–Trinajstić information content (AvgIpc) is 2.80. The van der Waals surface area contributed by atoms with Gasteiger partial charge >= 0.3 is 0 Å². The van der Waals surface area contributed by atoms with Crippen LogP contribution < -0.4 is 5.32 Å². The van der Waals surface area contributed by atoms with Gasteiger partial charge in [-0.05, 0) is 17.2 Å². The summed E-state index contributed by atoms with van der Waals surface area (Å²) in [5.74, 6) is -0.328. The zero-order valence-corrected chi connectivity index (χ0v) is 11.2. The Morgan fingerprint density at radius 1 is 1.05 bits per heavy atom. The normalized spacial score (nSPS) is 11.5.